The molecule has 0 fully saturated rings. The summed E-state index contributed by atoms with van der Waals surface area (Å²) in [6.45, 7) is 2.27. The molecule has 0 aliphatic heterocycles. The highest BCUT2D eigenvalue weighted by Gasteiger charge is 2.24. The Balaban J connectivity index is 1.51. The van der Waals surface area contributed by atoms with Gasteiger partial charge in [-0.2, -0.15) is 0 Å². The fourth-order valence-electron chi connectivity index (χ4n) is 4.02. The van der Waals surface area contributed by atoms with Crippen LogP contribution in [0.4, 0.5) is 0 Å². The second-order valence-electron chi connectivity index (χ2n) is 8.24. The van der Waals surface area contributed by atoms with Crippen molar-refractivity contribution in [1.82, 2.24) is 19.8 Å². The zero-order chi connectivity index (χ0) is 23.4. The lowest BCUT2D eigenvalue weighted by atomic mass is 10.0. The van der Waals surface area contributed by atoms with Crippen molar-refractivity contribution < 1.29 is 14.0 Å². The van der Waals surface area contributed by atoms with Gasteiger partial charge in [-0.3, -0.25) is 9.59 Å². The summed E-state index contributed by atoms with van der Waals surface area (Å²) in [5.74, 6) is -0.224. The number of carbonyl (C=O) groups excluding carboxylic acids is 2. The molecule has 170 valence electrons. The monoisotopic (exact) mass is 444 g/mol. The van der Waals surface area contributed by atoms with E-state index < -0.39 is 0 Å². The van der Waals surface area contributed by atoms with E-state index in [9.17, 15) is 9.59 Å². The smallest absolute Gasteiger partial charge is 0.267 e. The van der Waals surface area contributed by atoms with Gasteiger partial charge in [-0.25, -0.2) is 4.98 Å². The number of fused-ring (bicyclic) bond motifs is 1. The molecule has 2 amide bonds. The minimum absolute atomic E-state index is 0.0993. The second kappa shape index (κ2) is 9.73. The highest BCUT2D eigenvalue weighted by Crippen LogP contribution is 2.21. The van der Waals surface area contributed by atoms with Gasteiger partial charge in [-0.15, -0.1) is 0 Å². The summed E-state index contributed by atoms with van der Waals surface area (Å²) >= 11 is 0. The van der Waals surface area contributed by atoms with Crippen LogP contribution in [-0.2, 0) is 13.5 Å². The molecule has 0 radical (unpaired) electrons. The molecule has 7 nitrogen and oxygen atoms in total. The lowest BCUT2D eigenvalue weighted by molar-refractivity contribution is 0.0721. The fourth-order valence-corrected chi connectivity index (χ4v) is 4.02. The van der Waals surface area contributed by atoms with Crippen LogP contribution in [0, 0.1) is 6.92 Å². The summed E-state index contributed by atoms with van der Waals surface area (Å²) in [4.78, 5) is 32.2. The molecule has 0 bridgehead atoms. The van der Waals surface area contributed by atoms with Crippen LogP contribution in [0.25, 0.3) is 11.1 Å². The number of amides is 2. The Labute approximate surface area is 193 Å². The number of nitrogens with zero attached hydrogens (tertiary/aromatic N) is 3. The number of aryl methyl sites for hydroxylation is 2. The summed E-state index contributed by atoms with van der Waals surface area (Å²) < 4.78 is 7.14. The molecule has 0 saturated carbocycles. The topological polar surface area (TPSA) is 80.4 Å². The molecule has 0 aliphatic rings. The van der Waals surface area contributed by atoms with Gasteiger partial charge in [0.1, 0.15) is 5.69 Å². The summed E-state index contributed by atoms with van der Waals surface area (Å²) in [5.41, 5.74) is 3.45. The normalized spacial score (nSPS) is 12.0. The first-order valence-electron chi connectivity index (χ1n) is 11.0. The number of benzene rings is 1. The van der Waals surface area contributed by atoms with Gasteiger partial charge in [0.2, 0.25) is 5.71 Å². The van der Waals surface area contributed by atoms with Crippen LogP contribution in [0.5, 0.6) is 0 Å². The number of likely N-dealkylation sites (N-methyl/N-ethyl adjacent to an activating group) is 1. The summed E-state index contributed by atoms with van der Waals surface area (Å²) in [7, 11) is 3.65. The largest absolute Gasteiger partial charge is 0.446 e. The fraction of sp³-hybridized carbons (Fsp3) is 0.269. The molecule has 7 heteroatoms. The van der Waals surface area contributed by atoms with Crippen LogP contribution in [0.15, 0.2) is 71.5 Å². The molecule has 3 aromatic heterocycles. The van der Waals surface area contributed by atoms with Crippen molar-refractivity contribution in [2.45, 2.75) is 25.8 Å². The van der Waals surface area contributed by atoms with E-state index in [1.54, 1.807) is 27.9 Å². The van der Waals surface area contributed by atoms with Gasteiger partial charge in [-0.05, 0) is 49.6 Å². The van der Waals surface area contributed by atoms with Crippen molar-refractivity contribution in [2.75, 3.05) is 13.6 Å². The highest BCUT2D eigenvalue weighted by molar-refractivity contribution is 5.98. The molecular formula is C26H28N4O3. The molecule has 0 aliphatic carbocycles. The van der Waals surface area contributed by atoms with E-state index in [0.717, 1.165) is 10.9 Å². The first kappa shape index (κ1) is 22.3. The third-order valence-corrected chi connectivity index (χ3v) is 5.99. The molecule has 4 aromatic rings. The number of furan rings is 1. The van der Waals surface area contributed by atoms with Gasteiger partial charge < -0.3 is 19.2 Å². The molecule has 1 atom stereocenters. The number of hydrogen-bond acceptors (Lipinski definition) is 4. The van der Waals surface area contributed by atoms with Gasteiger partial charge in [0.25, 0.3) is 11.8 Å². The first-order valence-corrected chi connectivity index (χ1v) is 11.0. The van der Waals surface area contributed by atoms with Gasteiger partial charge in [0, 0.05) is 38.3 Å². The van der Waals surface area contributed by atoms with Crippen LogP contribution in [-0.4, -0.2) is 45.9 Å². The zero-order valence-corrected chi connectivity index (χ0v) is 19.1. The Kier molecular flexibility index (Phi) is 6.58. The predicted molar refractivity (Wildman–Crippen MR) is 127 cm³/mol. The Morgan fingerprint density at radius 3 is 2.67 bits per heavy atom. The number of pyridine rings is 1. The van der Waals surface area contributed by atoms with Crippen molar-refractivity contribution in [3.63, 3.8) is 0 Å². The minimum Gasteiger partial charge on any atom is -0.446 e. The lowest BCUT2D eigenvalue weighted by Gasteiger charge is -2.29. The maximum absolute atomic E-state index is 13.5. The molecule has 1 aromatic carbocycles. The average molecular weight is 445 g/mol. The molecule has 0 spiro atoms. The molecule has 1 N–H and O–H groups in total. The van der Waals surface area contributed by atoms with Crippen molar-refractivity contribution in [1.29, 1.82) is 0 Å². The maximum Gasteiger partial charge on any atom is 0.267 e. The van der Waals surface area contributed by atoms with E-state index in [1.807, 2.05) is 57.5 Å². The van der Waals surface area contributed by atoms with E-state index in [1.165, 1.54) is 0 Å². The van der Waals surface area contributed by atoms with E-state index in [4.69, 9.17) is 4.42 Å². The summed E-state index contributed by atoms with van der Waals surface area (Å²) in [6.07, 6.45) is 4.72. The number of carbonyl (C=O) groups is 2. The van der Waals surface area contributed by atoms with Crippen LogP contribution in [0.1, 0.15) is 38.5 Å². The van der Waals surface area contributed by atoms with Crippen molar-refractivity contribution in [2.24, 2.45) is 7.05 Å². The molecule has 33 heavy (non-hydrogen) atoms. The Bertz CT molecular complexity index is 1260. The molecular weight excluding hydrogens is 416 g/mol. The van der Waals surface area contributed by atoms with Crippen LogP contribution >= 0.6 is 0 Å². The Morgan fingerprint density at radius 2 is 1.94 bits per heavy atom. The lowest BCUT2D eigenvalue weighted by Crippen LogP contribution is -2.41. The Morgan fingerprint density at radius 1 is 1.15 bits per heavy atom. The number of hydrogen-bond donors (Lipinski definition) is 1. The standard InChI is InChI=1S/C26H28N4O3/c1-18-22(17-20-12-15-33-25(20)28-18)26(32)30(3)21(16-19-8-5-4-6-9-19)11-13-27-24(31)23-10-7-14-29(23)2/h4-10,12,14-15,17,21H,11,13,16H2,1-3H3,(H,27,31)/t21-/m1/s1. The predicted octanol–water partition coefficient (Wildman–Crippen LogP) is 3.98. The van der Waals surface area contributed by atoms with Gasteiger partial charge in [0.05, 0.1) is 17.5 Å². The van der Waals surface area contributed by atoms with Crippen LogP contribution < -0.4 is 5.32 Å². The SMILES string of the molecule is Cc1nc2occc2cc1C(=O)N(C)[C@H](CCNC(=O)c1cccn1C)Cc1ccccc1. The zero-order valence-electron chi connectivity index (χ0n) is 19.1. The second-order valence-corrected chi connectivity index (χ2v) is 8.24. The molecule has 0 unspecified atom stereocenters. The highest BCUT2D eigenvalue weighted by atomic mass is 16.3. The quantitative estimate of drug-likeness (QED) is 0.446. The van der Waals surface area contributed by atoms with Crippen LogP contribution in [0.3, 0.4) is 0 Å². The minimum atomic E-state index is -0.125. The number of nitrogens with one attached hydrogen (secondary N) is 1. The van der Waals surface area contributed by atoms with Crippen molar-refractivity contribution in [3.8, 4) is 0 Å². The molecule has 3 heterocycles. The summed E-state index contributed by atoms with van der Waals surface area (Å²) in [5, 5.41) is 3.78. The van der Waals surface area contributed by atoms with Gasteiger partial charge in [0.15, 0.2) is 0 Å². The first-order chi connectivity index (χ1) is 15.9. The van der Waals surface area contributed by atoms with Gasteiger partial charge in [-0.1, -0.05) is 30.3 Å². The van der Waals surface area contributed by atoms with E-state index in [2.05, 4.69) is 22.4 Å². The number of aromatic nitrogens is 2. The van der Waals surface area contributed by atoms with E-state index in [-0.39, 0.29) is 17.9 Å². The van der Waals surface area contributed by atoms with E-state index in [0.29, 0.717) is 42.1 Å². The third-order valence-electron chi connectivity index (χ3n) is 5.99. The number of rotatable bonds is 8. The summed E-state index contributed by atoms with van der Waals surface area (Å²) in [6, 6.07) is 17.2. The van der Waals surface area contributed by atoms with Crippen molar-refractivity contribution >= 4 is 22.9 Å². The average Bonchev–Trinajstić information content (AvgIpc) is 3.45. The Hall–Kier alpha value is -3.87. The molecule has 0 saturated heterocycles. The van der Waals surface area contributed by atoms with E-state index >= 15 is 0 Å². The maximum atomic E-state index is 13.5. The third kappa shape index (κ3) is 4.98. The van der Waals surface area contributed by atoms with Crippen LogP contribution in [0.2, 0.25) is 0 Å². The van der Waals surface area contributed by atoms with Crippen molar-refractivity contribution in [3.05, 3.63) is 89.6 Å². The van der Waals surface area contributed by atoms with Gasteiger partial charge >= 0.3 is 0 Å². The molecule has 4 rings (SSSR count).